The Hall–Kier alpha value is -0.700. The van der Waals surface area contributed by atoms with Gasteiger partial charge in [-0.1, -0.05) is 20.3 Å². The molecule has 0 unspecified atom stereocenters. The zero-order valence-electron chi connectivity index (χ0n) is 16.0. The second-order valence-electron chi connectivity index (χ2n) is 7.17. The van der Waals surface area contributed by atoms with E-state index in [4.69, 9.17) is 4.74 Å². The van der Waals surface area contributed by atoms with Gasteiger partial charge in [0.1, 0.15) is 0 Å². The van der Waals surface area contributed by atoms with Crippen molar-refractivity contribution in [2.75, 3.05) is 39.1 Å². The molecule has 2 aliphatic heterocycles. The highest BCUT2D eigenvalue weighted by Gasteiger charge is 2.52. The zero-order chi connectivity index (χ0) is 18.7. The van der Waals surface area contributed by atoms with Crippen LogP contribution in [-0.2, 0) is 19.6 Å². The number of rotatable bonds is 8. The van der Waals surface area contributed by atoms with Crippen LogP contribution in [0.5, 0.6) is 0 Å². The molecule has 0 aromatic rings. The van der Waals surface area contributed by atoms with Crippen LogP contribution in [-0.4, -0.2) is 74.3 Å². The Morgan fingerprint density at radius 1 is 1.32 bits per heavy atom. The standard InChI is InChI=1S/C17H33N3O4S/c1-5-14(3)15-16(21)20(10-7-13-24-4)17(18-15)8-11-19(12-9-17)25(22,23)6-2/h14-15,18H,5-13H2,1-4H3/t14-,15+/m1/s1. The predicted octanol–water partition coefficient (Wildman–Crippen LogP) is 1.01. The van der Waals surface area contributed by atoms with Crippen molar-refractivity contribution in [1.29, 1.82) is 0 Å². The van der Waals surface area contributed by atoms with Gasteiger partial charge in [-0.05, 0) is 32.1 Å². The van der Waals surface area contributed by atoms with Gasteiger partial charge in [-0.15, -0.1) is 0 Å². The van der Waals surface area contributed by atoms with Crippen LogP contribution >= 0.6 is 0 Å². The molecule has 2 rings (SSSR count). The molecule has 2 saturated heterocycles. The normalized spacial score (nSPS) is 25.7. The molecule has 7 nitrogen and oxygen atoms in total. The molecule has 1 amide bonds. The molecule has 2 aliphatic rings. The molecule has 8 heteroatoms. The van der Waals surface area contributed by atoms with Gasteiger partial charge in [0.2, 0.25) is 15.9 Å². The Morgan fingerprint density at radius 2 is 1.96 bits per heavy atom. The van der Waals surface area contributed by atoms with Gasteiger partial charge in [0.05, 0.1) is 17.5 Å². The fraction of sp³-hybridized carbons (Fsp3) is 0.941. The highest BCUT2D eigenvalue weighted by atomic mass is 32.2. The van der Waals surface area contributed by atoms with Crippen LogP contribution in [0.4, 0.5) is 0 Å². The molecule has 1 N–H and O–H groups in total. The fourth-order valence-corrected chi connectivity index (χ4v) is 4.96. The molecule has 0 saturated carbocycles. The number of amides is 1. The maximum absolute atomic E-state index is 13.0. The Bertz CT molecular complexity index is 558. The first-order chi connectivity index (χ1) is 11.8. The molecule has 1 spiro atoms. The number of piperidine rings is 1. The molecule has 146 valence electrons. The molecular formula is C17H33N3O4S. The minimum Gasteiger partial charge on any atom is -0.385 e. The molecule has 0 aromatic carbocycles. The Balaban J connectivity index is 2.16. The average molecular weight is 376 g/mol. The number of ether oxygens (including phenoxy) is 1. The average Bonchev–Trinajstić information content (AvgIpc) is 2.87. The first kappa shape index (κ1) is 20.6. The fourth-order valence-electron chi connectivity index (χ4n) is 3.85. The third-order valence-corrected chi connectivity index (χ3v) is 7.61. The van der Waals surface area contributed by atoms with Gasteiger partial charge in [0.25, 0.3) is 0 Å². The van der Waals surface area contributed by atoms with E-state index in [9.17, 15) is 13.2 Å². The SMILES string of the molecule is CC[C@@H](C)[C@@H]1NC2(CCN(S(=O)(=O)CC)CC2)N(CCCOC)C1=O. The summed E-state index contributed by atoms with van der Waals surface area (Å²) in [4.78, 5) is 15.0. The molecular weight excluding hydrogens is 342 g/mol. The maximum atomic E-state index is 13.0. The van der Waals surface area contributed by atoms with Crippen LogP contribution in [0.2, 0.25) is 0 Å². The molecule has 2 atom stereocenters. The van der Waals surface area contributed by atoms with Gasteiger partial charge in [0, 0.05) is 33.4 Å². The molecule has 25 heavy (non-hydrogen) atoms. The van der Waals surface area contributed by atoms with Gasteiger partial charge >= 0.3 is 0 Å². The van der Waals surface area contributed by atoms with E-state index in [0.29, 0.717) is 39.1 Å². The lowest BCUT2D eigenvalue weighted by Crippen LogP contribution is -2.60. The highest BCUT2D eigenvalue weighted by Crippen LogP contribution is 2.35. The summed E-state index contributed by atoms with van der Waals surface area (Å²) in [6.07, 6.45) is 2.99. The molecule has 2 fully saturated rings. The van der Waals surface area contributed by atoms with E-state index < -0.39 is 15.7 Å². The van der Waals surface area contributed by atoms with E-state index in [1.807, 2.05) is 4.90 Å². The van der Waals surface area contributed by atoms with Gasteiger partial charge in [-0.2, -0.15) is 0 Å². The van der Waals surface area contributed by atoms with E-state index in [1.165, 1.54) is 0 Å². The number of carbonyl (C=O) groups is 1. The largest absolute Gasteiger partial charge is 0.385 e. The number of hydrogen-bond acceptors (Lipinski definition) is 5. The number of carbonyl (C=O) groups excluding carboxylic acids is 1. The highest BCUT2D eigenvalue weighted by molar-refractivity contribution is 7.89. The monoisotopic (exact) mass is 375 g/mol. The van der Waals surface area contributed by atoms with Crippen LogP contribution in [0.1, 0.15) is 46.5 Å². The van der Waals surface area contributed by atoms with Gasteiger partial charge < -0.3 is 9.64 Å². The number of nitrogens with zero attached hydrogens (tertiary/aromatic N) is 2. The van der Waals surface area contributed by atoms with Crippen molar-refractivity contribution in [3.05, 3.63) is 0 Å². The first-order valence-electron chi connectivity index (χ1n) is 9.37. The molecule has 0 aromatic heterocycles. The molecule has 0 aliphatic carbocycles. The quantitative estimate of drug-likeness (QED) is 0.641. The number of hydrogen-bond donors (Lipinski definition) is 1. The Labute approximate surface area is 152 Å². The summed E-state index contributed by atoms with van der Waals surface area (Å²) < 4.78 is 31.0. The minimum atomic E-state index is -3.17. The van der Waals surface area contributed by atoms with Crippen molar-refractivity contribution in [3.63, 3.8) is 0 Å². The van der Waals surface area contributed by atoms with E-state index in [1.54, 1.807) is 18.3 Å². The number of nitrogens with one attached hydrogen (secondary N) is 1. The van der Waals surface area contributed by atoms with Crippen LogP contribution in [0, 0.1) is 5.92 Å². The molecule has 0 radical (unpaired) electrons. The lowest BCUT2D eigenvalue weighted by molar-refractivity contribution is -0.134. The topological polar surface area (TPSA) is 79.0 Å². The second kappa shape index (κ2) is 8.33. The van der Waals surface area contributed by atoms with E-state index in [2.05, 4.69) is 19.2 Å². The van der Waals surface area contributed by atoms with Crippen LogP contribution in [0.3, 0.4) is 0 Å². The van der Waals surface area contributed by atoms with Crippen molar-refractivity contribution in [2.24, 2.45) is 5.92 Å². The van der Waals surface area contributed by atoms with Crippen molar-refractivity contribution < 1.29 is 17.9 Å². The second-order valence-corrected chi connectivity index (χ2v) is 9.43. The first-order valence-corrected chi connectivity index (χ1v) is 11.0. The van der Waals surface area contributed by atoms with Crippen molar-refractivity contribution in [2.45, 2.75) is 58.2 Å². The third-order valence-electron chi connectivity index (χ3n) is 5.72. The van der Waals surface area contributed by atoms with E-state index >= 15 is 0 Å². The van der Waals surface area contributed by atoms with Crippen molar-refractivity contribution in [3.8, 4) is 0 Å². The summed E-state index contributed by atoms with van der Waals surface area (Å²) in [6, 6.07) is -0.179. The van der Waals surface area contributed by atoms with Crippen molar-refractivity contribution >= 4 is 15.9 Å². The zero-order valence-corrected chi connectivity index (χ0v) is 16.8. The summed E-state index contributed by atoms with van der Waals surface area (Å²) in [5.74, 6) is 0.533. The number of sulfonamides is 1. The van der Waals surface area contributed by atoms with Crippen molar-refractivity contribution in [1.82, 2.24) is 14.5 Å². The van der Waals surface area contributed by atoms with Gasteiger partial charge in [0.15, 0.2) is 0 Å². The van der Waals surface area contributed by atoms with Crippen LogP contribution in [0.25, 0.3) is 0 Å². The summed E-state index contributed by atoms with van der Waals surface area (Å²) in [7, 11) is -1.51. The van der Waals surface area contributed by atoms with Crippen LogP contribution < -0.4 is 5.32 Å². The lowest BCUT2D eigenvalue weighted by atomic mass is 9.96. The maximum Gasteiger partial charge on any atom is 0.241 e. The van der Waals surface area contributed by atoms with E-state index in [-0.39, 0.29) is 23.6 Å². The third kappa shape index (κ3) is 4.18. The molecule has 0 bridgehead atoms. The van der Waals surface area contributed by atoms with Gasteiger partial charge in [-0.25, -0.2) is 12.7 Å². The summed E-state index contributed by atoms with van der Waals surface area (Å²) in [5.41, 5.74) is -0.418. The number of methoxy groups -OCH3 is 1. The summed E-state index contributed by atoms with van der Waals surface area (Å²) in [5, 5.41) is 3.59. The molecule has 2 heterocycles. The van der Waals surface area contributed by atoms with Gasteiger partial charge in [-0.3, -0.25) is 10.1 Å². The Morgan fingerprint density at radius 3 is 2.48 bits per heavy atom. The van der Waals surface area contributed by atoms with Crippen LogP contribution in [0.15, 0.2) is 0 Å². The summed E-state index contributed by atoms with van der Waals surface area (Å²) >= 11 is 0. The Kier molecular flexibility index (Phi) is 6.87. The predicted molar refractivity (Wildman–Crippen MR) is 97.6 cm³/mol. The summed E-state index contributed by atoms with van der Waals surface area (Å²) in [6.45, 7) is 8.05. The lowest BCUT2D eigenvalue weighted by Gasteiger charge is -2.44. The minimum absolute atomic E-state index is 0.124. The van der Waals surface area contributed by atoms with E-state index in [0.717, 1.165) is 12.8 Å². The smallest absolute Gasteiger partial charge is 0.241 e.